The van der Waals surface area contributed by atoms with Crippen LogP contribution in [0.25, 0.3) is 0 Å². The Balaban J connectivity index is 1.88. The largest absolute Gasteiger partial charge is 0.342 e. The van der Waals surface area contributed by atoms with E-state index in [9.17, 15) is 13.6 Å². The van der Waals surface area contributed by atoms with Crippen molar-refractivity contribution in [3.63, 3.8) is 0 Å². The fraction of sp³-hybridized carbons (Fsp3) is 0.588. The summed E-state index contributed by atoms with van der Waals surface area (Å²) >= 11 is 0. The predicted octanol–water partition coefficient (Wildman–Crippen LogP) is 3.51. The summed E-state index contributed by atoms with van der Waals surface area (Å²) < 4.78 is 29.9. The van der Waals surface area contributed by atoms with Gasteiger partial charge in [-0.2, -0.15) is 8.78 Å². The number of hydrogen-bond acceptors (Lipinski definition) is 2. The summed E-state index contributed by atoms with van der Waals surface area (Å²) in [7, 11) is 0. The lowest BCUT2D eigenvalue weighted by Crippen LogP contribution is -2.59. The van der Waals surface area contributed by atoms with Gasteiger partial charge in [0.15, 0.2) is 0 Å². The fourth-order valence-corrected chi connectivity index (χ4v) is 4.03. The van der Waals surface area contributed by atoms with Gasteiger partial charge in [-0.15, -0.1) is 0 Å². The van der Waals surface area contributed by atoms with E-state index in [1.165, 1.54) is 0 Å². The van der Waals surface area contributed by atoms with E-state index in [4.69, 9.17) is 0 Å². The van der Waals surface area contributed by atoms with Gasteiger partial charge in [0.05, 0.1) is 5.54 Å². The minimum atomic E-state index is -3.37. The smallest absolute Gasteiger partial charge is 0.320 e. The van der Waals surface area contributed by atoms with Crippen LogP contribution in [0.5, 0.6) is 0 Å². The molecule has 22 heavy (non-hydrogen) atoms. The second-order valence-electron chi connectivity index (χ2n) is 6.52. The molecule has 2 fully saturated rings. The summed E-state index contributed by atoms with van der Waals surface area (Å²) in [4.78, 5) is 14.2. The number of nitrogens with one attached hydrogen (secondary N) is 1. The Morgan fingerprint density at radius 3 is 2.27 bits per heavy atom. The zero-order valence-electron chi connectivity index (χ0n) is 13.1. The van der Waals surface area contributed by atoms with Crippen LogP contribution < -0.4 is 5.32 Å². The average Bonchev–Trinajstić information content (AvgIpc) is 3.03. The number of hydrogen-bond donors (Lipinski definition) is 1. The summed E-state index contributed by atoms with van der Waals surface area (Å²) in [6.07, 6.45) is 2.29. The third-order valence-electron chi connectivity index (χ3n) is 5.23. The third-order valence-corrected chi connectivity index (χ3v) is 5.23. The first kappa shape index (κ1) is 15.4. The van der Waals surface area contributed by atoms with E-state index in [1.807, 2.05) is 36.9 Å². The van der Waals surface area contributed by atoms with E-state index in [0.717, 1.165) is 24.0 Å². The molecule has 0 atom stereocenters. The molecule has 3 nitrogen and oxygen atoms in total. The van der Waals surface area contributed by atoms with Crippen LogP contribution in [0.15, 0.2) is 18.2 Å². The summed E-state index contributed by atoms with van der Waals surface area (Å²) in [6, 6.07) is 5.49. The number of fused-ring (bicyclic) bond motifs is 1. The number of halogens is 2. The Morgan fingerprint density at radius 1 is 1.18 bits per heavy atom. The van der Waals surface area contributed by atoms with Gasteiger partial charge in [0.1, 0.15) is 0 Å². The van der Waals surface area contributed by atoms with Gasteiger partial charge in [-0.25, -0.2) is 0 Å². The quantitative estimate of drug-likeness (QED) is 0.927. The van der Waals surface area contributed by atoms with E-state index in [0.29, 0.717) is 31.6 Å². The fourth-order valence-electron chi connectivity index (χ4n) is 4.03. The number of carbonyl (C=O) groups excluding carboxylic acids is 1. The van der Waals surface area contributed by atoms with Crippen LogP contribution in [0.4, 0.5) is 14.5 Å². The molecule has 1 aromatic carbocycles. The van der Waals surface area contributed by atoms with Gasteiger partial charge in [0, 0.05) is 5.69 Å². The second-order valence-corrected chi connectivity index (χ2v) is 6.52. The Bertz CT molecular complexity index is 570. The third kappa shape index (κ3) is 2.14. The average molecular weight is 308 g/mol. The molecule has 0 aliphatic carbocycles. The van der Waals surface area contributed by atoms with Gasteiger partial charge in [-0.05, 0) is 63.7 Å². The Kier molecular flexibility index (Phi) is 3.71. The highest BCUT2D eigenvalue weighted by atomic mass is 19.3. The van der Waals surface area contributed by atoms with Gasteiger partial charge in [0.25, 0.3) is 5.91 Å². The molecule has 2 aliphatic rings. The van der Waals surface area contributed by atoms with Gasteiger partial charge < -0.3 is 5.32 Å². The van der Waals surface area contributed by atoms with Crippen molar-refractivity contribution in [3.8, 4) is 0 Å². The topological polar surface area (TPSA) is 32.3 Å². The first-order valence-electron chi connectivity index (χ1n) is 7.89. The number of aryl methyl sites for hydroxylation is 2. The molecule has 0 saturated carbocycles. The van der Waals surface area contributed by atoms with E-state index in [1.54, 1.807) is 0 Å². The van der Waals surface area contributed by atoms with Crippen LogP contribution in [0.2, 0.25) is 0 Å². The normalized spacial score (nSPS) is 20.9. The second kappa shape index (κ2) is 5.30. The SMILES string of the molecule is Cc1cccc(C)c1NC(=O)C(F)(F)C12CCCN1CCC2. The predicted molar refractivity (Wildman–Crippen MR) is 82.3 cm³/mol. The highest BCUT2D eigenvalue weighted by molar-refractivity contribution is 5.98. The van der Waals surface area contributed by atoms with Crippen molar-refractivity contribution in [2.75, 3.05) is 18.4 Å². The zero-order valence-corrected chi connectivity index (χ0v) is 13.1. The number of rotatable bonds is 3. The first-order chi connectivity index (χ1) is 10.4. The number of anilines is 1. The first-order valence-corrected chi connectivity index (χ1v) is 7.89. The van der Waals surface area contributed by atoms with Gasteiger partial charge in [-0.1, -0.05) is 18.2 Å². The highest BCUT2D eigenvalue weighted by Gasteiger charge is 2.64. The molecule has 0 aromatic heterocycles. The van der Waals surface area contributed by atoms with Crippen LogP contribution >= 0.6 is 0 Å². The maximum Gasteiger partial charge on any atom is 0.342 e. The molecular formula is C17H22F2N2O. The molecule has 0 spiro atoms. The Hall–Kier alpha value is -1.49. The van der Waals surface area contributed by atoms with Crippen LogP contribution in [-0.4, -0.2) is 35.4 Å². The monoisotopic (exact) mass is 308 g/mol. The number of para-hydroxylation sites is 1. The van der Waals surface area contributed by atoms with Crippen molar-refractivity contribution in [1.82, 2.24) is 4.90 Å². The van der Waals surface area contributed by atoms with Crippen molar-refractivity contribution in [3.05, 3.63) is 29.3 Å². The lowest BCUT2D eigenvalue weighted by Gasteiger charge is -2.38. The maximum atomic E-state index is 15.0. The number of amides is 1. The molecule has 0 radical (unpaired) electrons. The van der Waals surface area contributed by atoms with E-state index in [-0.39, 0.29) is 0 Å². The molecule has 2 heterocycles. The van der Waals surface area contributed by atoms with Crippen molar-refractivity contribution in [2.24, 2.45) is 0 Å². The van der Waals surface area contributed by atoms with Crippen LogP contribution in [0.3, 0.4) is 0 Å². The maximum absolute atomic E-state index is 15.0. The van der Waals surface area contributed by atoms with Gasteiger partial charge in [-0.3, -0.25) is 9.69 Å². The van der Waals surface area contributed by atoms with E-state index >= 15 is 0 Å². The minimum Gasteiger partial charge on any atom is -0.320 e. The summed E-state index contributed by atoms with van der Waals surface area (Å²) in [5.74, 6) is -4.53. The molecule has 1 amide bonds. The molecule has 2 saturated heterocycles. The number of alkyl halides is 2. The molecule has 120 valence electrons. The molecular weight excluding hydrogens is 286 g/mol. The zero-order chi connectivity index (χ0) is 16.0. The number of carbonyl (C=O) groups is 1. The lowest BCUT2D eigenvalue weighted by molar-refractivity contribution is -0.161. The molecule has 0 bridgehead atoms. The van der Waals surface area contributed by atoms with Crippen molar-refractivity contribution < 1.29 is 13.6 Å². The minimum absolute atomic E-state index is 0.403. The van der Waals surface area contributed by atoms with Gasteiger partial charge in [0.2, 0.25) is 0 Å². The number of nitrogens with zero attached hydrogens (tertiary/aromatic N) is 1. The summed E-state index contributed by atoms with van der Waals surface area (Å²) in [6.45, 7) is 4.98. The Morgan fingerprint density at radius 2 is 1.73 bits per heavy atom. The molecule has 1 aromatic rings. The standard InChI is InChI=1S/C17H22F2N2O/c1-12-6-3-7-13(2)14(12)20-15(22)17(18,19)16-8-4-10-21(16)11-5-9-16/h3,6-7H,4-5,8-11H2,1-2H3,(H,20,22). The Labute approximate surface area is 129 Å². The molecule has 0 unspecified atom stereocenters. The lowest BCUT2D eigenvalue weighted by atomic mass is 9.86. The molecule has 5 heteroatoms. The molecule has 1 N–H and O–H groups in total. The van der Waals surface area contributed by atoms with E-state index < -0.39 is 17.4 Å². The van der Waals surface area contributed by atoms with Crippen molar-refractivity contribution in [1.29, 1.82) is 0 Å². The molecule has 3 rings (SSSR count). The molecule has 2 aliphatic heterocycles. The van der Waals surface area contributed by atoms with Crippen molar-refractivity contribution >= 4 is 11.6 Å². The van der Waals surface area contributed by atoms with Crippen LogP contribution in [0.1, 0.15) is 36.8 Å². The number of benzene rings is 1. The van der Waals surface area contributed by atoms with Crippen LogP contribution in [0, 0.1) is 13.8 Å². The summed E-state index contributed by atoms with van der Waals surface area (Å²) in [5.41, 5.74) is 0.840. The van der Waals surface area contributed by atoms with E-state index in [2.05, 4.69) is 5.32 Å². The van der Waals surface area contributed by atoms with Crippen molar-refractivity contribution in [2.45, 2.75) is 51.0 Å². The highest BCUT2D eigenvalue weighted by Crippen LogP contribution is 2.49. The van der Waals surface area contributed by atoms with Crippen LogP contribution in [-0.2, 0) is 4.79 Å². The van der Waals surface area contributed by atoms with Gasteiger partial charge >= 0.3 is 5.92 Å². The summed E-state index contributed by atoms with van der Waals surface area (Å²) in [5, 5.41) is 2.49.